The molecule has 0 amide bonds. The van der Waals surface area contributed by atoms with Crippen LogP contribution in [0.15, 0.2) is 97.1 Å². The number of nitrogens with zero attached hydrogens (tertiary/aromatic N) is 2. The minimum atomic E-state index is -1.20. The van der Waals surface area contributed by atoms with Crippen molar-refractivity contribution < 1.29 is 19.8 Å². The zero-order valence-corrected chi connectivity index (χ0v) is 18.3. The highest BCUT2D eigenvalue weighted by atomic mass is 16.4. The van der Waals surface area contributed by atoms with Crippen molar-refractivity contribution in [2.24, 2.45) is 0 Å². The van der Waals surface area contributed by atoms with E-state index in [0.29, 0.717) is 11.5 Å². The van der Waals surface area contributed by atoms with Crippen LogP contribution in [-0.4, -0.2) is 31.7 Å². The third-order valence-electron chi connectivity index (χ3n) is 6.23. The van der Waals surface area contributed by atoms with Gasteiger partial charge in [0.05, 0.1) is 22.2 Å². The summed E-state index contributed by atoms with van der Waals surface area (Å²) in [6.07, 6.45) is 0. The summed E-state index contributed by atoms with van der Waals surface area (Å²) in [6, 6.07) is 29.8. The fourth-order valence-electron chi connectivity index (χ4n) is 4.72. The van der Waals surface area contributed by atoms with E-state index < -0.39 is 11.9 Å². The molecule has 0 aliphatic heterocycles. The largest absolute Gasteiger partial charge is 0.478 e. The lowest BCUT2D eigenvalue weighted by molar-refractivity contribution is 0.0696. The van der Waals surface area contributed by atoms with E-state index in [9.17, 15) is 19.8 Å². The normalized spacial score (nSPS) is 11.3. The summed E-state index contributed by atoms with van der Waals surface area (Å²) in [5.74, 6) is -1.80. The second kappa shape index (κ2) is 7.81. The maximum Gasteiger partial charge on any atom is 0.335 e. The van der Waals surface area contributed by atoms with Crippen LogP contribution in [0, 0.1) is 0 Å². The van der Waals surface area contributed by atoms with Crippen molar-refractivity contribution in [3.05, 3.63) is 108 Å². The fourth-order valence-corrected chi connectivity index (χ4v) is 4.72. The summed E-state index contributed by atoms with van der Waals surface area (Å²) in [5.41, 5.74) is 2.59. The van der Waals surface area contributed by atoms with E-state index in [2.05, 4.69) is 6.07 Å². The summed E-state index contributed by atoms with van der Waals surface area (Å²) < 4.78 is 1.87. The van der Waals surface area contributed by atoms with Crippen molar-refractivity contribution in [1.82, 2.24) is 9.55 Å². The summed E-state index contributed by atoms with van der Waals surface area (Å²) in [5, 5.41) is 23.4. The van der Waals surface area contributed by atoms with Gasteiger partial charge in [-0.1, -0.05) is 78.9 Å². The van der Waals surface area contributed by atoms with Gasteiger partial charge in [0.25, 0.3) is 0 Å². The number of fused-ring (bicyclic) bond motifs is 6. The fraction of sp³-hybridized carbons (Fsp3) is 0. The molecule has 2 N–H and O–H groups in total. The van der Waals surface area contributed by atoms with Crippen LogP contribution < -0.4 is 0 Å². The van der Waals surface area contributed by atoms with Crippen molar-refractivity contribution in [3.63, 3.8) is 0 Å². The van der Waals surface area contributed by atoms with Gasteiger partial charge in [0.2, 0.25) is 0 Å². The minimum absolute atomic E-state index is 0.106. The molecular weight excluding hydrogens is 440 g/mol. The van der Waals surface area contributed by atoms with Crippen LogP contribution in [0.2, 0.25) is 0 Å². The zero-order chi connectivity index (χ0) is 24.1. The predicted molar refractivity (Wildman–Crippen MR) is 135 cm³/mol. The Morgan fingerprint density at radius 3 is 1.74 bits per heavy atom. The molecule has 35 heavy (non-hydrogen) atoms. The van der Waals surface area contributed by atoms with Crippen molar-refractivity contribution in [3.8, 4) is 17.1 Å². The van der Waals surface area contributed by atoms with Crippen molar-refractivity contribution in [2.75, 3.05) is 0 Å². The molecule has 6 aromatic rings. The van der Waals surface area contributed by atoms with Crippen molar-refractivity contribution in [2.45, 2.75) is 0 Å². The molecule has 0 spiro atoms. The summed E-state index contributed by atoms with van der Waals surface area (Å²) in [4.78, 5) is 28.8. The van der Waals surface area contributed by atoms with Gasteiger partial charge < -0.3 is 10.2 Å². The Bertz CT molecular complexity index is 1770. The molecule has 1 aromatic heterocycles. The monoisotopic (exact) mass is 458 g/mol. The number of hydrogen-bond donors (Lipinski definition) is 2. The van der Waals surface area contributed by atoms with Gasteiger partial charge in [-0.2, -0.15) is 0 Å². The Balaban J connectivity index is 1.86. The van der Waals surface area contributed by atoms with Gasteiger partial charge in [0.15, 0.2) is 0 Å². The Morgan fingerprint density at radius 2 is 1.14 bits per heavy atom. The SMILES string of the molecule is O=C(O)c1cc(C(=O)O)cc(-n2c(-c3ccccc3)nc3c4ccccc4c4ccccc4c32)c1. The first-order chi connectivity index (χ1) is 17.0. The highest BCUT2D eigenvalue weighted by Crippen LogP contribution is 2.39. The average molecular weight is 458 g/mol. The standard InChI is InChI=1S/C29H18N2O4/c32-28(33)18-14-19(29(34)35)16-20(15-18)31-26-24-13-7-5-11-22(24)21-10-4-6-12-23(21)25(26)30-27(31)17-8-2-1-3-9-17/h1-16H,(H,32,33)(H,34,35). The van der Waals surface area contributed by atoms with E-state index in [1.807, 2.05) is 77.4 Å². The first-order valence-corrected chi connectivity index (χ1v) is 11.0. The van der Waals surface area contributed by atoms with Gasteiger partial charge in [-0.05, 0) is 29.0 Å². The number of benzene rings is 5. The number of imidazole rings is 1. The molecule has 1 heterocycles. The molecule has 0 fully saturated rings. The van der Waals surface area contributed by atoms with Gasteiger partial charge in [-0.25, -0.2) is 14.6 Å². The molecule has 0 aliphatic rings. The van der Waals surface area contributed by atoms with Crippen LogP contribution in [0.3, 0.4) is 0 Å². The number of carboxylic acid groups (broad SMARTS) is 2. The number of aromatic carboxylic acids is 2. The van der Waals surface area contributed by atoms with E-state index in [1.54, 1.807) is 0 Å². The molecule has 0 bridgehead atoms. The van der Waals surface area contributed by atoms with E-state index in [-0.39, 0.29) is 11.1 Å². The van der Waals surface area contributed by atoms with Crippen LogP contribution >= 0.6 is 0 Å². The second-order valence-corrected chi connectivity index (χ2v) is 8.30. The molecular formula is C29H18N2O4. The second-order valence-electron chi connectivity index (χ2n) is 8.30. The van der Waals surface area contributed by atoms with E-state index in [1.165, 1.54) is 18.2 Å². The molecule has 6 heteroatoms. The summed E-state index contributed by atoms with van der Waals surface area (Å²) in [6.45, 7) is 0. The van der Waals surface area contributed by atoms with E-state index in [4.69, 9.17) is 4.98 Å². The first-order valence-electron chi connectivity index (χ1n) is 11.0. The average Bonchev–Trinajstić information content (AvgIpc) is 3.30. The molecule has 0 radical (unpaired) electrons. The molecule has 0 aliphatic carbocycles. The Morgan fingerprint density at radius 1 is 0.629 bits per heavy atom. The van der Waals surface area contributed by atoms with Gasteiger partial charge in [-0.3, -0.25) is 4.57 Å². The van der Waals surface area contributed by atoms with Gasteiger partial charge in [0.1, 0.15) is 5.82 Å². The maximum atomic E-state index is 11.9. The first kappa shape index (κ1) is 20.6. The Kier molecular flexibility index (Phi) is 4.60. The van der Waals surface area contributed by atoms with Crippen LogP contribution in [-0.2, 0) is 0 Å². The zero-order valence-electron chi connectivity index (χ0n) is 18.3. The Hall–Kier alpha value is -4.97. The van der Waals surface area contributed by atoms with Crippen LogP contribution in [0.4, 0.5) is 0 Å². The van der Waals surface area contributed by atoms with Crippen LogP contribution in [0.25, 0.3) is 49.7 Å². The minimum Gasteiger partial charge on any atom is -0.478 e. The van der Waals surface area contributed by atoms with Gasteiger partial charge in [0, 0.05) is 22.0 Å². The van der Waals surface area contributed by atoms with Crippen LogP contribution in [0.1, 0.15) is 20.7 Å². The molecule has 6 nitrogen and oxygen atoms in total. The number of aromatic nitrogens is 2. The quantitative estimate of drug-likeness (QED) is 0.298. The predicted octanol–water partition coefficient (Wildman–Crippen LogP) is 6.40. The maximum absolute atomic E-state index is 11.9. The smallest absolute Gasteiger partial charge is 0.335 e. The van der Waals surface area contributed by atoms with Crippen molar-refractivity contribution >= 4 is 44.5 Å². The van der Waals surface area contributed by atoms with E-state index >= 15 is 0 Å². The molecule has 5 aromatic carbocycles. The molecule has 0 atom stereocenters. The number of carbonyl (C=O) groups is 2. The topological polar surface area (TPSA) is 92.4 Å². The van der Waals surface area contributed by atoms with Crippen LogP contribution in [0.5, 0.6) is 0 Å². The molecule has 0 saturated carbocycles. The van der Waals surface area contributed by atoms with Crippen molar-refractivity contribution in [1.29, 1.82) is 0 Å². The number of carboxylic acids is 2. The lowest BCUT2D eigenvalue weighted by Gasteiger charge is -2.14. The lowest BCUT2D eigenvalue weighted by Crippen LogP contribution is -2.06. The number of rotatable bonds is 4. The summed E-state index contributed by atoms with van der Waals surface area (Å²) >= 11 is 0. The van der Waals surface area contributed by atoms with E-state index in [0.717, 1.165) is 38.1 Å². The third kappa shape index (κ3) is 3.23. The summed E-state index contributed by atoms with van der Waals surface area (Å²) in [7, 11) is 0. The Labute approximate surface area is 199 Å². The van der Waals surface area contributed by atoms with Gasteiger partial charge in [-0.15, -0.1) is 0 Å². The molecule has 168 valence electrons. The third-order valence-corrected chi connectivity index (χ3v) is 6.23. The lowest BCUT2D eigenvalue weighted by atomic mass is 9.99. The molecule has 0 saturated heterocycles. The highest BCUT2D eigenvalue weighted by Gasteiger charge is 2.22. The molecule has 0 unspecified atom stereocenters. The van der Waals surface area contributed by atoms with Gasteiger partial charge >= 0.3 is 11.9 Å². The number of hydrogen-bond acceptors (Lipinski definition) is 3. The molecule has 6 rings (SSSR count). The highest BCUT2D eigenvalue weighted by molar-refractivity contribution is 6.24.